The van der Waals surface area contributed by atoms with Crippen LogP contribution in [0.2, 0.25) is 0 Å². The lowest BCUT2D eigenvalue weighted by molar-refractivity contribution is 0.485. The Labute approximate surface area is 84.8 Å². The number of benzene rings is 1. The predicted octanol–water partition coefficient (Wildman–Crippen LogP) is 2.11. The molecule has 0 aliphatic rings. The van der Waals surface area contributed by atoms with Crippen molar-refractivity contribution in [2.45, 2.75) is 20.3 Å². The minimum Gasteiger partial charge on any atom is -0.382 e. The first kappa shape index (κ1) is 11.0. The SMILES string of the molecule is CCCS(=O)(=O)Oc1ccc(C)cc1. The van der Waals surface area contributed by atoms with Gasteiger partial charge < -0.3 is 4.18 Å². The Morgan fingerprint density at radius 1 is 1.21 bits per heavy atom. The Bertz CT molecular complexity index is 378. The Morgan fingerprint density at radius 2 is 1.79 bits per heavy atom. The van der Waals surface area contributed by atoms with Gasteiger partial charge in [-0.15, -0.1) is 0 Å². The molecule has 0 amide bonds. The summed E-state index contributed by atoms with van der Waals surface area (Å²) < 4.78 is 27.4. The van der Waals surface area contributed by atoms with Gasteiger partial charge in [0, 0.05) is 0 Å². The second-order valence-electron chi connectivity index (χ2n) is 3.16. The molecule has 0 aliphatic heterocycles. The van der Waals surface area contributed by atoms with Gasteiger partial charge in [0.05, 0.1) is 5.75 Å². The number of hydrogen-bond acceptors (Lipinski definition) is 3. The van der Waals surface area contributed by atoms with Crippen LogP contribution in [0.5, 0.6) is 5.75 Å². The molecule has 0 heterocycles. The number of aryl methyl sites for hydroxylation is 1. The van der Waals surface area contributed by atoms with Gasteiger partial charge in [0.1, 0.15) is 5.75 Å². The summed E-state index contributed by atoms with van der Waals surface area (Å²) in [4.78, 5) is 0. The van der Waals surface area contributed by atoms with E-state index in [0.717, 1.165) is 5.56 Å². The van der Waals surface area contributed by atoms with Gasteiger partial charge in [0.2, 0.25) is 0 Å². The quantitative estimate of drug-likeness (QED) is 0.721. The average Bonchev–Trinajstić information content (AvgIpc) is 2.08. The van der Waals surface area contributed by atoms with E-state index < -0.39 is 10.1 Å². The molecule has 4 heteroatoms. The van der Waals surface area contributed by atoms with Gasteiger partial charge in [-0.2, -0.15) is 8.42 Å². The number of hydrogen-bond donors (Lipinski definition) is 0. The molecule has 78 valence electrons. The van der Waals surface area contributed by atoms with E-state index >= 15 is 0 Å². The minimum atomic E-state index is -3.40. The van der Waals surface area contributed by atoms with Crippen LogP contribution in [-0.4, -0.2) is 14.2 Å². The Kier molecular flexibility index (Phi) is 3.52. The molecular formula is C10H14O3S. The van der Waals surface area contributed by atoms with Crippen LogP contribution in [0.15, 0.2) is 24.3 Å². The molecule has 0 saturated carbocycles. The fourth-order valence-corrected chi connectivity index (χ4v) is 2.02. The third-order valence-electron chi connectivity index (χ3n) is 1.70. The zero-order valence-electron chi connectivity index (χ0n) is 8.36. The highest BCUT2D eigenvalue weighted by molar-refractivity contribution is 7.87. The summed E-state index contributed by atoms with van der Waals surface area (Å²) in [5.41, 5.74) is 1.07. The second kappa shape index (κ2) is 4.46. The van der Waals surface area contributed by atoms with Crippen LogP contribution in [0.25, 0.3) is 0 Å². The third-order valence-corrected chi connectivity index (χ3v) is 3.05. The van der Waals surface area contributed by atoms with Crippen LogP contribution >= 0.6 is 0 Å². The van der Waals surface area contributed by atoms with E-state index in [1.54, 1.807) is 19.1 Å². The van der Waals surface area contributed by atoms with E-state index in [-0.39, 0.29) is 5.75 Å². The summed E-state index contributed by atoms with van der Waals surface area (Å²) in [6.07, 6.45) is 0.564. The third kappa shape index (κ3) is 3.38. The Balaban J connectivity index is 2.74. The van der Waals surface area contributed by atoms with Gasteiger partial charge in [-0.25, -0.2) is 0 Å². The van der Waals surface area contributed by atoms with Crippen LogP contribution in [0, 0.1) is 6.92 Å². The summed E-state index contributed by atoms with van der Waals surface area (Å²) in [7, 11) is -3.40. The normalized spacial score (nSPS) is 11.3. The molecular weight excluding hydrogens is 200 g/mol. The monoisotopic (exact) mass is 214 g/mol. The molecule has 0 atom stereocenters. The summed E-state index contributed by atoms with van der Waals surface area (Å²) in [5.74, 6) is 0.435. The highest BCUT2D eigenvalue weighted by Gasteiger charge is 2.10. The maximum Gasteiger partial charge on any atom is 0.309 e. The van der Waals surface area contributed by atoms with Gasteiger partial charge in [0.25, 0.3) is 0 Å². The molecule has 0 bridgehead atoms. The van der Waals surface area contributed by atoms with Crippen molar-refractivity contribution in [1.29, 1.82) is 0 Å². The lowest BCUT2D eigenvalue weighted by Gasteiger charge is -2.05. The molecule has 0 saturated heterocycles. The van der Waals surface area contributed by atoms with Crippen molar-refractivity contribution in [3.8, 4) is 5.75 Å². The molecule has 0 unspecified atom stereocenters. The second-order valence-corrected chi connectivity index (χ2v) is 4.85. The molecule has 3 nitrogen and oxygen atoms in total. The van der Waals surface area contributed by atoms with Crippen molar-refractivity contribution in [2.24, 2.45) is 0 Å². The van der Waals surface area contributed by atoms with Gasteiger partial charge in [-0.3, -0.25) is 0 Å². The van der Waals surface area contributed by atoms with Gasteiger partial charge in [-0.1, -0.05) is 24.6 Å². The molecule has 1 aromatic rings. The highest BCUT2D eigenvalue weighted by Crippen LogP contribution is 2.14. The van der Waals surface area contributed by atoms with Crippen LogP contribution in [0.3, 0.4) is 0 Å². The van der Waals surface area contributed by atoms with E-state index in [9.17, 15) is 8.42 Å². The highest BCUT2D eigenvalue weighted by atomic mass is 32.2. The Hall–Kier alpha value is -1.03. The van der Waals surface area contributed by atoms with Crippen LogP contribution in [-0.2, 0) is 10.1 Å². The first-order valence-corrected chi connectivity index (χ1v) is 6.10. The molecule has 1 aromatic carbocycles. The van der Waals surface area contributed by atoms with Crippen molar-refractivity contribution in [2.75, 3.05) is 5.75 Å². The van der Waals surface area contributed by atoms with Gasteiger partial charge in [0.15, 0.2) is 0 Å². The molecule has 14 heavy (non-hydrogen) atoms. The summed E-state index contributed by atoms with van der Waals surface area (Å²) in [5, 5.41) is 0. The van der Waals surface area contributed by atoms with Gasteiger partial charge in [-0.05, 0) is 25.5 Å². The summed E-state index contributed by atoms with van der Waals surface area (Å²) >= 11 is 0. The molecule has 1 rings (SSSR count). The summed E-state index contributed by atoms with van der Waals surface area (Å²) in [6.45, 7) is 3.74. The largest absolute Gasteiger partial charge is 0.382 e. The molecule has 0 fully saturated rings. The molecule has 0 aliphatic carbocycles. The predicted molar refractivity (Wildman–Crippen MR) is 55.9 cm³/mol. The molecule has 0 aromatic heterocycles. The van der Waals surface area contributed by atoms with E-state index in [0.29, 0.717) is 12.2 Å². The Morgan fingerprint density at radius 3 is 2.29 bits per heavy atom. The van der Waals surface area contributed by atoms with Crippen molar-refractivity contribution < 1.29 is 12.6 Å². The van der Waals surface area contributed by atoms with Gasteiger partial charge >= 0.3 is 10.1 Å². The standard InChI is InChI=1S/C10H14O3S/c1-3-8-14(11,12)13-10-6-4-9(2)5-7-10/h4-7H,3,8H2,1-2H3. The fourth-order valence-electron chi connectivity index (χ4n) is 1.03. The number of rotatable bonds is 4. The molecule has 0 radical (unpaired) electrons. The maximum atomic E-state index is 11.3. The van der Waals surface area contributed by atoms with Crippen LogP contribution < -0.4 is 4.18 Å². The maximum absolute atomic E-state index is 11.3. The summed E-state index contributed by atoms with van der Waals surface area (Å²) in [6, 6.07) is 6.94. The van der Waals surface area contributed by atoms with Crippen LogP contribution in [0.1, 0.15) is 18.9 Å². The van der Waals surface area contributed by atoms with E-state index in [4.69, 9.17) is 4.18 Å². The van der Waals surface area contributed by atoms with Crippen LogP contribution in [0.4, 0.5) is 0 Å². The zero-order chi connectivity index (χ0) is 10.6. The minimum absolute atomic E-state index is 0.0564. The smallest absolute Gasteiger partial charge is 0.309 e. The van der Waals surface area contributed by atoms with E-state index in [1.807, 2.05) is 19.1 Å². The first-order chi connectivity index (χ1) is 6.53. The topological polar surface area (TPSA) is 43.4 Å². The van der Waals surface area contributed by atoms with Crippen molar-refractivity contribution in [3.05, 3.63) is 29.8 Å². The average molecular weight is 214 g/mol. The van der Waals surface area contributed by atoms with E-state index in [1.165, 1.54) is 0 Å². The van der Waals surface area contributed by atoms with Crippen molar-refractivity contribution in [3.63, 3.8) is 0 Å². The van der Waals surface area contributed by atoms with Crippen molar-refractivity contribution in [1.82, 2.24) is 0 Å². The van der Waals surface area contributed by atoms with Crippen molar-refractivity contribution >= 4 is 10.1 Å². The lowest BCUT2D eigenvalue weighted by Crippen LogP contribution is -2.12. The first-order valence-electron chi connectivity index (χ1n) is 4.52. The molecule has 0 spiro atoms. The fraction of sp³-hybridized carbons (Fsp3) is 0.400. The van der Waals surface area contributed by atoms with E-state index in [2.05, 4.69) is 0 Å². The molecule has 0 N–H and O–H groups in total. The lowest BCUT2D eigenvalue weighted by atomic mass is 10.2. The zero-order valence-corrected chi connectivity index (χ0v) is 9.17.